The largest absolute Gasteiger partial charge is 0.351 e. The van der Waals surface area contributed by atoms with Crippen molar-refractivity contribution in [3.63, 3.8) is 0 Å². The lowest BCUT2D eigenvalue weighted by molar-refractivity contribution is 0.713. The number of benzene rings is 1. The summed E-state index contributed by atoms with van der Waals surface area (Å²) in [6.45, 7) is 0.559. The van der Waals surface area contributed by atoms with Crippen LogP contribution in [0.25, 0.3) is 15.9 Å². The van der Waals surface area contributed by atoms with Crippen molar-refractivity contribution in [1.82, 2.24) is 14.5 Å². The van der Waals surface area contributed by atoms with E-state index in [0.717, 1.165) is 40.7 Å². The lowest BCUT2D eigenvalue weighted by atomic mass is 10.1. The molecule has 0 unspecified atom stereocenters. The van der Waals surface area contributed by atoms with Gasteiger partial charge in [0, 0.05) is 23.8 Å². The van der Waals surface area contributed by atoms with Gasteiger partial charge in [0.1, 0.15) is 4.83 Å². The first-order valence-electron chi connectivity index (χ1n) is 10.1. The number of para-hydroxylation sites is 1. The predicted octanol–water partition coefficient (Wildman–Crippen LogP) is 4.72. The van der Waals surface area contributed by atoms with Gasteiger partial charge < -0.3 is 5.32 Å². The first-order valence-corrected chi connectivity index (χ1v) is 10.9. The first kappa shape index (κ1) is 18.1. The highest BCUT2D eigenvalue weighted by Gasteiger charge is 2.22. The van der Waals surface area contributed by atoms with Crippen LogP contribution in [0.1, 0.15) is 35.3 Å². The van der Waals surface area contributed by atoms with Crippen molar-refractivity contribution in [1.29, 1.82) is 0 Å². The number of aromatic nitrogens is 3. The molecule has 0 amide bonds. The standard InChI is InChI=1S/C23H22N4OS/c28-22-20-18-11-5-2-6-12-19(18)29-21(20)26-23(25-15-16-8-7-13-24-14-16)27(22)17-9-3-1-4-10-17/h1,3-4,7-10,13-14H,2,5-6,11-12,15H2,(H,25,26). The summed E-state index contributed by atoms with van der Waals surface area (Å²) >= 11 is 1.69. The molecule has 0 atom stereocenters. The zero-order valence-corrected chi connectivity index (χ0v) is 16.9. The monoisotopic (exact) mass is 402 g/mol. The third kappa shape index (κ3) is 3.44. The molecule has 0 bridgehead atoms. The molecule has 0 radical (unpaired) electrons. The molecule has 4 aromatic rings. The smallest absolute Gasteiger partial charge is 0.268 e. The summed E-state index contributed by atoms with van der Waals surface area (Å²) in [6, 6.07) is 13.7. The summed E-state index contributed by atoms with van der Waals surface area (Å²) in [6.07, 6.45) is 9.18. The fraction of sp³-hybridized carbons (Fsp3) is 0.261. The fourth-order valence-electron chi connectivity index (χ4n) is 4.00. The van der Waals surface area contributed by atoms with Crippen molar-refractivity contribution < 1.29 is 0 Å². The molecule has 3 aromatic heterocycles. The van der Waals surface area contributed by atoms with Gasteiger partial charge in [0.2, 0.25) is 5.95 Å². The van der Waals surface area contributed by atoms with Crippen LogP contribution in [0.5, 0.6) is 0 Å². The van der Waals surface area contributed by atoms with Crippen LogP contribution in [0.2, 0.25) is 0 Å². The molecule has 0 saturated carbocycles. The molecule has 0 saturated heterocycles. The fourth-order valence-corrected chi connectivity index (χ4v) is 5.25. The maximum Gasteiger partial charge on any atom is 0.268 e. The van der Waals surface area contributed by atoms with E-state index in [4.69, 9.17) is 4.98 Å². The average Bonchev–Trinajstić information content (AvgIpc) is 2.95. The summed E-state index contributed by atoms with van der Waals surface area (Å²) in [4.78, 5) is 25.0. The Labute approximate surface area is 173 Å². The van der Waals surface area contributed by atoms with E-state index >= 15 is 0 Å². The Bertz CT molecular complexity index is 1200. The Kier molecular flexibility index (Phi) is 4.86. The van der Waals surface area contributed by atoms with Gasteiger partial charge in [-0.05, 0) is 55.0 Å². The molecular weight excluding hydrogens is 380 g/mol. The zero-order valence-electron chi connectivity index (χ0n) is 16.1. The van der Waals surface area contributed by atoms with Crippen LogP contribution < -0.4 is 10.9 Å². The summed E-state index contributed by atoms with van der Waals surface area (Å²) in [5.41, 5.74) is 3.12. The van der Waals surface area contributed by atoms with Crippen LogP contribution in [-0.2, 0) is 19.4 Å². The van der Waals surface area contributed by atoms with Gasteiger partial charge in [-0.15, -0.1) is 11.3 Å². The second kappa shape index (κ2) is 7.79. The Morgan fingerprint density at radius 2 is 1.90 bits per heavy atom. The van der Waals surface area contributed by atoms with Crippen molar-refractivity contribution in [3.05, 3.63) is 81.2 Å². The predicted molar refractivity (Wildman–Crippen MR) is 118 cm³/mol. The molecule has 0 fully saturated rings. The highest BCUT2D eigenvalue weighted by Crippen LogP contribution is 2.34. The number of aryl methyl sites for hydroxylation is 2. The average molecular weight is 403 g/mol. The molecule has 3 heterocycles. The summed E-state index contributed by atoms with van der Waals surface area (Å²) < 4.78 is 1.72. The molecular formula is C23H22N4OS. The van der Waals surface area contributed by atoms with E-state index < -0.39 is 0 Å². The highest BCUT2D eigenvalue weighted by molar-refractivity contribution is 7.18. The van der Waals surface area contributed by atoms with Gasteiger partial charge in [0.15, 0.2) is 0 Å². The van der Waals surface area contributed by atoms with Gasteiger partial charge in [-0.25, -0.2) is 9.55 Å². The number of thiophene rings is 1. The third-order valence-corrected chi connectivity index (χ3v) is 6.61. The molecule has 1 aromatic carbocycles. The van der Waals surface area contributed by atoms with Crippen molar-refractivity contribution in [2.75, 3.05) is 5.32 Å². The van der Waals surface area contributed by atoms with Gasteiger partial charge in [0.05, 0.1) is 11.1 Å². The molecule has 1 aliphatic rings. The topological polar surface area (TPSA) is 59.8 Å². The van der Waals surface area contributed by atoms with Crippen LogP contribution in [0.3, 0.4) is 0 Å². The SMILES string of the molecule is O=c1c2c3c(sc2nc(NCc2cccnc2)n1-c1ccccc1)CCCCC3. The number of fused-ring (bicyclic) bond motifs is 3. The maximum absolute atomic E-state index is 13.7. The number of anilines is 1. The zero-order chi connectivity index (χ0) is 19.6. The Morgan fingerprint density at radius 3 is 2.72 bits per heavy atom. The molecule has 5 rings (SSSR count). The van der Waals surface area contributed by atoms with E-state index in [-0.39, 0.29) is 5.56 Å². The molecule has 0 spiro atoms. The van der Waals surface area contributed by atoms with Crippen LogP contribution in [0.4, 0.5) is 5.95 Å². The Hall–Kier alpha value is -2.99. The number of nitrogens with zero attached hydrogens (tertiary/aromatic N) is 3. The molecule has 29 heavy (non-hydrogen) atoms. The molecule has 1 N–H and O–H groups in total. The van der Waals surface area contributed by atoms with E-state index in [1.807, 2.05) is 48.7 Å². The minimum absolute atomic E-state index is 0.0225. The maximum atomic E-state index is 13.7. The summed E-state index contributed by atoms with van der Waals surface area (Å²) in [7, 11) is 0. The van der Waals surface area contributed by atoms with E-state index in [0.29, 0.717) is 12.5 Å². The van der Waals surface area contributed by atoms with Gasteiger partial charge in [0.25, 0.3) is 5.56 Å². The first-order chi connectivity index (χ1) is 14.3. The Morgan fingerprint density at radius 1 is 1.03 bits per heavy atom. The molecule has 146 valence electrons. The van der Waals surface area contributed by atoms with Gasteiger partial charge in [-0.1, -0.05) is 30.7 Å². The van der Waals surface area contributed by atoms with Gasteiger partial charge >= 0.3 is 0 Å². The lowest BCUT2D eigenvalue weighted by Gasteiger charge is -2.14. The van der Waals surface area contributed by atoms with Crippen molar-refractivity contribution >= 4 is 27.5 Å². The minimum atomic E-state index is 0.0225. The van der Waals surface area contributed by atoms with E-state index in [1.54, 1.807) is 22.1 Å². The number of rotatable bonds is 4. The molecule has 5 nitrogen and oxygen atoms in total. The van der Waals surface area contributed by atoms with E-state index in [2.05, 4.69) is 10.3 Å². The molecule has 6 heteroatoms. The quantitative estimate of drug-likeness (QED) is 0.502. The van der Waals surface area contributed by atoms with Crippen molar-refractivity contribution in [2.45, 2.75) is 38.6 Å². The number of pyridine rings is 1. The second-order valence-corrected chi connectivity index (χ2v) is 8.45. The van der Waals surface area contributed by atoms with E-state index in [9.17, 15) is 4.79 Å². The summed E-state index contributed by atoms with van der Waals surface area (Å²) in [5, 5.41) is 4.18. The van der Waals surface area contributed by atoms with Crippen LogP contribution in [-0.4, -0.2) is 14.5 Å². The van der Waals surface area contributed by atoms with Crippen molar-refractivity contribution in [3.8, 4) is 5.69 Å². The molecule has 0 aliphatic heterocycles. The highest BCUT2D eigenvalue weighted by atomic mass is 32.1. The van der Waals surface area contributed by atoms with Gasteiger partial charge in [-0.3, -0.25) is 9.78 Å². The van der Waals surface area contributed by atoms with Crippen molar-refractivity contribution in [2.24, 2.45) is 0 Å². The Balaban J connectivity index is 1.67. The lowest BCUT2D eigenvalue weighted by Crippen LogP contribution is -2.24. The van der Waals surface area contributed by atoms with Crippen LogP contribution >= 0.6 is 11.3 Å². The number of nitrogens with one attached hydrogen (secondary N) is 1. The van der Waals surface area contributed by atoms with Crippen LogP contribution in [0, 0.1) is 0 Å². The summed E-state index contributed by atoms with van der Waals surface area (Å²) in [5.74, 6) is 0.578. The number of hydrogen-bond acceptors (Lipinski definition) is 5. The number of hydrogen-bond donors (Lipinski definition) is 1. The van der Waals surface area contributed by atoms with Crippen LogP contribution in [0.15, 0.2) is 59.7 Å². The second-order valence-electron chi connectivity index (χ2n) is 7.37. The third-order valence-electron chi connectivity index (χ3n) is 5.43. The minimum Gasteiger partial charge on any atom is -0.351 e. The van der Waals surface area contributed by atoms with E-state index in [1.165, 1.54) is 23.3 Å². The molecule has 1 aliphatic carbocycles. The normalized spacial score (nSPS) is 13.8. The van der Waals surface area contributed by atoms with Gasteiger partial charge in [-0.2, -0.15) is 0 Å².